The summed E-state index contributed by atoms with van der Waals surface area (Å²) in [6.45, 7) is 2.11. The maximum Gasteiger partial charge on any atom is 0.407 e. The van der Waals surface area contributed by atoms with Crippen molar-refractivity contribution in [2.75, 3.05) is 6.61 Å². The molecule has 0 aliphatic heterocycles. The van der Waals surface area contributed by atoms with Crippen molar-refractivity contribution in [3.05, 3.63) is 59.7 Å². The van der Waals surface area contributed by atoms with Crippen LogP contribution in [-0.4, -0.2) is 41.8 Å². The number of carboxylic acids is 1. The van der Waals surface area contributed by atoms with Gasteiger partial charge in [0.25, 0.3) is 0 Å². The number of aliphatic carboxylic acids is 1. The second kappa shape index (κ2) is 9.72. The zero-order chi connectivity index (χ0) is 24.5. The van der Waals surface area contributed by atoms with E-state index >= 15 is 0 Å². The van der Waals surface area contributed by atoms with Crippen LogP contribution in [0.15, 0.2) is 48.5 Å². The van der Waals surface area contributed by atoms with Crippen molar-refractivity contribution in [3.63, 3.8) is 0 Å². The standard InChI is InChI=1S/C28H32N2O5/c1-2-7-23(27(32)33)29-26(31)24-16-12-13-17(14-16)25(24)30-28(34)35-15-22-20-10-5-3-8-18(20)19-9-4-6-11-21(19)22/h3-6,8-11,16-17,22-25H,2,7,12-15H2,1H3,(H,29,31)(H,30,34)(H,32,33)/t16?,17?,23-,24?,25?/m0/s1. The normalized spacial score (nSPS) is 24.9. The van der Waals surface area contributed by atoms with Gasteiger partial charge >= 0.3 is 12.1 Å². The number of alkyl carbamates (subject to hydrolysis) is 1. The van der Waals surface area contributed by atoms with Crippen molar-refractivity contribution in [3.8, 4) is 11.1 Å². The number of benzene rings is 2. The van der Waals surface area contributed by atoms with Gasteiger partial charge in [-0.15, -0.1) is 0 Å². The van der Waals surface area contributed by atoms with Crippen molar-refractivity contribution in [2.45, 2.75) is 57.0 Å². The van der Waals surface area contributed by atoms with Gasteiger partial charge in [0.1, 0.15) is 12.6 Å². The number of carbonyl (C=O) groups excluding carboxylic acids is 2. The maximum atomic E-state index is 13.1. The lowest BCUT2D eigenvalue weighted by atomic mass is 9.83. The summed E-state index contributed by atoms with van der Waals surface area (Å²) in [4.78, 5) is 37.5. The highest BCUT2D eigenvalue weighted by atomic mass is 16.5. The Morgan fingerprint density at radius 2 is 1.63 bits per heavy atom. The van der Waals surface area contributed by atoms with Gasteiger partial charge in [-0.1, -0.05) is 61.9 Å². The predicted octanol–water partition coefficient (Wildman–Crippen LogP) is 4.31. The third-order valence-corrected chi connectivity index (χ3v) is 8.04. The molecule has 0 spiro atoms. The first kappa shape index (κ1) is 23.4. The van der Waals surface area contributed by atoms with Gasteiger partial charge in [0.2, 0.25) is 5.91 Å². The number of nitrogens with one attached hydrogen (secondary N) is 2. The van der Waals surface area contributed by atoms with Gasteiger partial charge < -0.3 is 20.5 Å². The van der Waals surface area contributed by atoms with Gasteiger partial charge in [0, 0.05) is 12.0 Å². The number of hydrogen-bond acceptors (Lipinski definition) is 4. The molecule has 5 atom stereocenters. The van der Waals surface area contributed by atoms with Gasteiger partial charge in [-0.25, -0.2) is 9.59 Å². The first-order chi connectivity index (χ1) is 17.0. The lowest BCUT2D eigenvalue weighted by Gasteiger charge is -2.31. The Kier molecular flexibility index (Phi) is 6.50. The average Bonchev–Trinajstić information content (AvgIpc) is 3.54. The molecule has 2 saturated carbocycles. The number of carbonyl (C=O) groups is 3. The zero-order valence-electron chi connectivity index (χ0n) is 19.9. The number of fused-ring (bicyclic) bond motifs is 5. The fourth-order valence-corrected chi connectivity index (χ4v) is 6.47. The second-order valence-electron chi connectivity index (χ2n) is 10.0. The lowest BCUT2D eigenvalue weighted by Crippen LogP contribution is -2.52. The second-order valence-corrected chi connectivity index (χ2v) is 10.0. The van der Waals surface area contributed by atoms with E-state index in [0.29, 0.717) is 12.8 Å². The lowest BCUT2D eigenvalue weighted by molar-refractivity contribution is -0.143. The Bertz CT molecular complexity index is 1090. The van der Waals surface area contributed by atoms with Crippen LogP contribution in [0.2, 0.25) is 0 Å². The number of hydrogen-bond donors (Lipinski definition) is 3. The van der Waals surface area contributed by atoms with E-state index in [1.165, 1.54) is 11.1 Å². The molecule has 0 heterocycles. The molecule has 0 aromatic heterocycles. The Balaban J connectivity index is 1.25. The molecule has 7 heteroatoms. The first-order valence-corrected chi connectivity index (χ1v) is 12.6. The molecule has 2 aromatic rings. The molecule has 2 aromatic carbocycles. The summed E-state index contributed by atoms with van der Waals surface area (Å²) in [5.41, 5.74) is 4.63. The Morgan fingerprint density at radius 3 is 2.26 bits per heavy atom. The molecule has 7 nitrogen and oxygen atoms in total. The zero-order valence-corrected chi connectivity index (χ0v) is 19.9. The van der Waals surface area contributed by atoms with Gasteiger partial charge in [0.15, 0.2) is 0 Å². The number of rotatable bonds is 8. The summed E-state index contributed by atoms with van der Waals surface area (Å²) in [6, 6.07) is 15.1. The smallest absolute Gasteiger partial charge is 0.407 e. The minimum Gasteiger partial charge on any atom is -0.480 e. The third kappa shape index (κ3) is 4.40. The van der Waals surface area contributed by atoms with Crippen molar-refractivity contribution >= 4 is 18.0 Å². The van der Waals surface area contributed by atoms with Crippen LogP contribution in [0, 0.1) is 17.8 Å². The summed E-state index contributed by atoms with van der Waals surface area (Å²) in [5.74, 6) is -1.38. The molecule has 3 aliphatic rings. The molecule has 3 aliphatic carbocycles. The predicted molar refractivity (Wildman–Crippen MR) is 131 cm³/mol. The Labute approximate surface area is 205 Å². The number of amides is 2. The molecule has 0 saturated heterocycles. The van der Waals surface area contributed by atoms with Crippen LogP contribution in [0.4, 0.5) is 4.79 Å². The molecule has 184 valence electrons. The van der Waals surface area contributed by atoms with E-state index in [1.54, 1.807) is 0 Å². The van der Waals surface area contributed by atoms with E-state index < -0.39 is 24.0 Å². The van der Waals surface area contributed by atoms with Crippen molar-refractivity contribution < 1.29 is 24.2 Å². The van der Waals surface area contributed by atoms with Gasteiger partial charge in [-0.2, -0.15) is 0 Å². The van der Waals surface area contributed by atoms with E-state index in [2.05, 4.69) is 34.9 Å². The summed E-state index contributed by atoms with van der Waals surface area (Å²) < 4.78 is 5.72. The minimum atomic E-state index is -1.02. The molecule has 5 rings (SSSR count). The summed E-state index contributed by atoms with van der Waals surface area (Å²) in [7, 11) is 0. The van der Waals surface area contributed by atoms with Crippen molar-refractivity contribution in [1.82, 2.24) is 10.6 Å². The highest BCUT2D eigenvalue weighted by molar-refractivity contribution is 5.86. The van der Waals surface area contributed by atoms with E-state index in [4.69, 9.17) is 4.74 Å². The van der Waals surface area contributed by atoms with E-state index in [0.717, 1.165) is 30.4 Å². The SMILES string of the molecule is CCC[C@H](NC(=O)C1C2CCC(C2)C1NC(=O)OCC1c2ccccc2-c2ccccc21)C(=O)O. The minimum absolute atomic E-state index is 0.0300. The molecule has 2 amide bonds. The Hall–Kier alpha value is -3.35. The van der Waals surface area contributed by atoms with Crippen LogP contribution in [0.5, 0.6) is 0 Å². The molecule has 2 bridgehead atoms. The monoisotopic (exact) mass is 476 g/mol. The number of carboxylic acid groups (broad SMARTS) is 1. The van der Waals surface area contributed by atoms with Crippen molar-refractivity contribution in [1.29, 1.82) is 0 Å². The fraction of sp³-hybridized carbons (Fsp3) is 0.464. The molecular weight excluding hydrogens is 444 g/mol. The highest BCUT2D eigenvalue weighted by Gasteiger charge is 2.52. The summed E-state index contributed by atoms with van der Waals surface area (Å²) >= 11 is 0. The van der Waals surface area contributed by atoms with Crippen LogP contribution in [0.1, 0.15) is 56.1 Å². The van der Waals surface area contributed by atoms with Crippen LogP contribution >= 0.6 is 0 Å². The summed E-state index contributed by atoms with van der Waals surface area (Å²) in [6.07, 6.45) is 3.28. The van der Waals surface area contributed by atoms with E-state index in [9.17, 15) is 19.5 Å². The van der Waals surface area contributed by atoms with Gasteiger partial charge in [-0.3, -0.25) is 4.79 Å². The fourth-order valence-electron chi connectivity index (χ4n) is 6.47. The molecule has 2 fully saturated rings. The maximum absolute atomic E-state index is 13.1. The third-order valence-electron chi connectivity index (χ3n) is 8.04. The highest BCUT2D eigenvalue weighted by Crippen LogP contribution is 2.49. The van der Waals surface area contributed by atoms with Crippen LogP contribution in [-0.2, 0) is 14.3 Å². The molecule has 0 radical (unpaired) electrons. The van der Waals surface area contributed by atoms with E-state index in [1.807, 2.05) is 31.2 Å². The number of ether oxygens (including phenoxy) is 1. The van der Waals surface area contributed by atoms with Crippen LogP contribution in [0.25, 0.3) is 11.1 Å². The van der Waals surface area contributed by atoms with Gasteiger partial charge in [-0.05, 0) is 59.8 Å². The van der Waals surface area contributed by atoms with Crippen LogP contribution < -0.4 is 10.6 Å². The topological polar surface area (TPSA) is 105 Å². The van der Waals surface area contributed by atoms with Crippen LogP contribution in [0.3, 0.4) is 0 Å². The molecule has 4 unspecified atom stereocenters. The first-order valence-electron chi connectivity index (χ1n) is 12.6. The quantitative estimate of drug-likeness (QED) is 0.527. The molecule has 35 heavy (non-hydrogen) atoms. The van der Waals surface area contributed by atoms with Gasteiger partial charge in [0.05, 0.1) is 5.92 Å². The molecular formula is C28H32N2O5. The Morgan fingerprint density at radius 1 is 1.00 bits per heavy atom. The average molecular weight is 477 g/mol. The van der Waals surface area contributed by atoms with Crippen molar-refractivity contribution in [2.24, 2.45) is 17.8 Å². The largest absolute Gasteiger partial charge is 0.480 e. The summed E-state index contributed by atoms with van der Waals surface area (Å²) in [5, 5.41) is 15.1. The molecule has 3 N–H and O–H groups in total. The van der Waals surface area contributed by atoms with E-state index in [-0.39, 0.29) is 36.3 Å².